The molecule has 3 N–H and O–H groups in total. The summed E-state index contributed by atoms with van der Waals surface area (Å²) in [5.41, 5.74) is 0. The molecular formula is C48H99NO2. The first kappa shape index (κ1) is 50.9. The lowest BCUT2D eigenvalue weighted by molar-refractivity contribution is 0.282. The first-order valence-corrected chi connectivity index (χ1v) is 24.3. The van der Waals surface area contributed by atoms with Crippen LogP contribution < -0.4 is 5.32 Å². The second-order valence-corrected chi connectivity index (χ2v) is 16.8. The zero-order valence-electron chi connectivity index (χ0n) is 35.3. The predicted molar refractivity (Wildman–Crippen MR) is 230 cm³/mol. The molecule has 0 unspecified atom stereocenters. The van der Waals surface area contributed by atoms with E-state index in [2.05, 4.69) is 5.32 Å². The number of aliphatic hydroxyl groups is 2. The van der Waals surface area contributed by atoms with E-state index in [9.17, 15) is 0 Å². The van der Waals surface area contributed by atoms with Gasteiger partial charge in [-0.15, -0.1) is 0 Å². The summed E-state index contributed by atoms with van der Waals surface area (Å²) in [5, 5.41) is 21.3. The molecule has 0 aromatic heterocycles. The summed E-state index contributed by atoms with van der Waals surface area (Å²) >= 11 is 0. The number of hydrogen-bond acceptors (Lipinski definition) is 3. The van der Waals surface area contributed by atoms with Crippen molar-refractivity contribution < 1.29 is 10.2 Å². The molecule has 0 atom stereocenters. The van der Waals surface area contributed by atoms with E-state index in [0.29, 0.717) is 13.2 Å². The molecule has 0 aromatic carbocycles. The molecule has 0 radical (unpaired) electrons. The van der Waals surface area contributed by atoms with Crippen LogP contribution in [0.15, 0.2) is 0 Å². The second kappa shape index (κ2) is 49.9. The SMILES string of the molecule is OCCCCCCCCCCCCCCCCCCCCCCCCNCCCCCCCCCCCCCCCCCCCCCCCCO. The summed E-state index contributed by atoms with van der Waals surface area (Å²) in [7, 11) is 0. The fourth-order valence-electron chi connectivity index (χ4n) is 7.92. The van der Waals surface area contributed by atoms with Crippen molar-refractivity contribution in [3.63, 3.8) is 0 Å². The van der Waals surface area contributed by atoms with Crippen LogP contribution in [-0.4, -0.2) is 36.5 Å². The van der Waals surface area contributed by atoms with Crippen molar-refractivity contribution in [3.05, 3.63) is 0 Å². The summed E-state index contributed by atoms with van der Waals surface area (Å²) in [6.07, 6.45) is 62.0. The summed E-state index contributed by atoms with van der Waals surface area (Å²) in [6, 6.07) is 0. The molecule has 0 saturated heterocycles. The number of unbranched alkanes of at least 4 members (excludes halogenated alkanes) is 42. The van der Waals surface area contributed by atoms with Crippen molar-refractivity contribution in [2.75, 3.05) is 26.3 Å². The largest absolute Gasteiger partial charge is 0.396 e. The van der Waals surface area contributed by atoms with Crippen LogP contribution in [0.3, 0.4) is 0 Å². The maximum atomic E-state index is 8.81. The van der Waals surface area contributed by atoms with Crippen LogP contribution in [0, 0.1) is 0 Å². The highest BCUT2D eigenvalue weighted by Gasteiger charge is 1.98. The Morgan fingerprint density at radius 2 is 0.275 bits per heavy atom. The van der Waals surface area contributed by atoms with Crippen LogP contribution in [0.2, 0.25) is 0 Å². The summed E-state index contributed by atoms with van der Waals surface area (Å²) in [6.45, 7) is 3.22. The van der Waals surface area contributed by atoms with E-state index < -0.39 is 0 Å². The third kappa shape index (κ3) is 49.9. The third-order valence-electron chi connectivity index (χ3n) is 11.5. The first-order chi connectivity index (χ1) is 25.4. The topological polar surface area (TPSA) is 52.5 Å². The highest BCUT2D eigenvalue weighted by molar-refractivity contribution is 4.55. The van der Waals surface area contributed by atoms with Gasteiger partial charge in [0.2, 0.25) is 0 Å². The quantitative estimate of drug-likeness (QED) is 0.0548. The summed E-state index contributed by atoms with van der Waals surface area (Å²) in [4.78, 5) is 0. The van der Waals surface area contributed by atoms with Crippen LogP contribution in [0.1, 0.15) is 283 Å². The van der Waals surface area contributed by atoms with Crippen LogP contribution in [-0.2, 0) is 0 Å². The number of aliphatic hydroxyl groups excluding tert-OH is 2. The zero-order valence-corrected chi connectivity index (χ0v) is 35.3. The Hall–Kier alpha value is -0.120. The first-order valence-electron chi connectivity index (χ1n) is 24.3. The van der Waals surface area contributed by atoms with Gasteiger partial charge < -0.3 is 15.5 Å². The Morgan fingerprint density at radius 3 is 0.412 bits per heavy atom. The van der Waals surface area contributed by atoms with Crippen LogP contribution in [0.5, 0.6) is 0 Å². The van der Waals surface area contributed by atoms with E-state index in [1.165, 1.54) is 283 Å². The lowest BCUT2D eigenvalue weighted by atomic mass is 10.0. The Kier molecular flexibility index (Phi) is 49.8. The van der Waals surface area contributed by atoms with Crippen molar-refractivity contribution in [1.29, 1.82) is 0 Å². The summed E-state index contributed by atoms with van der Waals surface area (Å²) in [5.74, 6) is 0. The number of nitrogens with one attached hydrogen (secondary N) is 1. The van der Waals surface area contributed by atoms with E-state index in [1.54, 1.807) is 0 Å². The van der Waals surface area contributed by atoms with Gasteiger partial charge in [0.05, 0.1) is 0 Å². The average Bonchev–Trinajstić information content (AvgIpc) is 3.14. The van der Waals surface area contributed by atoms with E-state index in [1.807, 2.05) is 0 Å². The van der Waals surface area contributed by atoms with Gasteiger partial charge in [0.25, 0.3) is 0 Å². The minimum Gasteiger partial charge on any atom is -0.396 e. The molecule has 51 heavy (non-hydrogen) atoms. The minimum absolute atomic E-state index is 0.372. The lowest BCUT2D eigenvalue weighted by Gasteiger charge is -2.06. The van der Waals surface area contributed by atoms with Crippen molar-refractivity contribution in [2.45, 2.75) is 283 Å². The molecule has 0 heterocycles. The van der Waals surface area contributed by atoms with Gasteiger partial charge >= 0.3 is 0 Å². The molecule has 0 saturated carbocycles. The molecule has 0 fully saturated rings. The van der Waals surface area contributed by atoms with E-state index in [4.69, 9.17) is 10.2 Å². The van der Waals surface area contributed by atoms with E-state index >= 15 is 0 Å². The van der Waals surface area contributed by atoms with Gasteiger partial charge in [0, 0.05) is 13.2 Å². The molecule has 0 amide bonds. The number of rotatable bonds is 48. The van der Waals surface area contributed by atoms with Crippen molar-refractivity contribution in [3.8, 4) is 0 Å². The summed E-state index contributed by atoms with van der Waals surface area (Å²) < 4.78 is 0. The molecule has 3 nitrogen and oxygen atoms in total. The van der Waals surface area contributed by atoms with Crippen molar-refractivity contribution in [1.82, 2.24) is 5.32 Å². The Labute approximate surface area is 323 Å². The molecule has 0 bridgehead atoms. The highest BCUT2D eigenvalue weighted by atomic mass is 16.3. The van der Waals surface area contributed by atoms with Gasteiger partial charge in [-0.25, -0.2) is 0 Å². The average molecular weight is 722 g/mol. The molecule has 0 aromatic rings. The molecule has 0 aliphatic heterocycles. The number of hydrogen-bond donors (Lipinski definition) is 3. The van der Waals surface area contributed by atoms with Gasteiger partial charge in [0.1, 0.15) is 0 Å². The smallest absolute Gasteiger partial charge is 0.0431 e. The van der Waals surface area contributed by atoms with Crippen molar-refractivity contribution in [2.24, 2.45) is 0 Å². The molecule has 0 spiro atoms. The van der Waals surface area contributed by atoms with Crippen LogP contribution >= 0.6 is 0 Å². The Morgan fingerprint density at radius 1 is 0.157 bits per heavy atom. The second-order valence-electron chi connectivity index (χ2n) is 16.8. The van der Waals surface area contributed by atoms with Gasteiger partial charge in [-0.2, -0.15) is 0 Å². The lowest BCUT2D eigenvalue weighted by Crippen LogP contribution is -2.16. The molecule has 0 rings (SSSR count). The molecule has 0 aliphatic carbocycles. The van der Waals surface area contributed by atoms with Gasteiger partial charge in [-0.3, -0.25) is 0 Å². The normalized spacial score (nSPS) is 11.6. The fourth-order valence-corrected chi connectivity index (χ4v) is 7.92. The van der Waals surface area contributed by atoms with E-state index in [-0.39, 0.29) is 0 Å². The molecule has 0 aliphatic rings. The third-order valence-corrected chi connectivity index (χ3v) is 11.5. The fraction of sp³-hybridized carbons (Fsp3) is 1.00. The zero-order chi connectivity index (χ0) is 36.6. The maximum Gasteiger partial charge on any atom is 0.0431 e. The van der Waals surface area contributed by atoms with Crippen LogP contribution in [0.25, 0.3) is 0 Å². The molecular weight excluding hydrogens is 623 g/mol. The standard InChI is InChI=1S/C48H99NO2/c50-47-43-39-35-31-27-23-19-15-11-7-3-1-5-9-13-17-21-25-29-33-37-41-45-49-46-42-38-34-30-26-22-18-14-10-6-2-4-8-12-16-20-24-28-32-36-40-44-48-51/h49-51H,1-48H2. The van der Waals surface area contributed by atoms with E-state index in [0.717, 1.165) is 12.8 Å². The van der Waals surface area contributed by atoms with Gasteiger partial charge in [-0.05, 0) is 38.8 Å². The van der Waals surface area contributed by atoms with Crippen LogP contribution in [0.4, 0.5) is 0 Å². The van der Waals surface area contributed by atoms with Crippen molar-refractivity contribution >= 4 is 0 Å². The van der Waals surface area contributed by atoms with Gasteiger partial charge in [-0.1, -0.05) is 257 Å². The predicted octanol–water partition coefficient (Wildman–Crippen LogP) is 15.7. The monoisotopic (exact) mass is 722 g/mol. The highest BCUT2D eigenvalue weighted by Crippen LogP contribution is 2.17. The molecule has 308 valence electrons. The maximum absolute atomic E-state index is 8.81. The molecule has 3 heteroatoms. The Balaban J connectivity index is 3.04. The Bertz CT molecular complexity index is 521. The van der Waals surface area contributed by atoms with Gasteiger partial charge in [0.15, 0.2) is 0 Å². The minimum atomic E-state index is 0.372.